The molecule has 2 N–H and O–H groups in total. The van der Waals surface area contributed by atoms with Crippen molar-refractivity contribution in [3.63, 3.8) is 0 Å². The zero-order valence-corrected chi connectivity index (χ0v) is 18.6. The van der Waals surface area contributed by atoms with Gasteiger partial charge in [0.15, 0.2) is 0 Å². The van der Waals surface area contributed by atoms with E-state index in [1.807, 2.05) is 32.9 Å². The first-order valence-electron chi connectivity index (χ1n) is 9.22. The molecule has 2 aromatic rings. The molecule has 1 aromatic heterocycles. The van der Waals surface area contributed by atoms with Crippen molar-refractivity contribution in [1.29, 1.82) is 0 Å². The number of fused-ring (bicyclic) bond motifs is 1. The number of methoxy groups -OCH3 is 2. The highest BCUT2D eigenvalue weighted by Crippen LogP contribution is 2.28. The van der Waals surface area contributed by atoms with Crippen molar-refractivity contribution in [2.24, 2.45) is 0 Å². The van der Waals surface area contributed by atoms with E-state index in [-0.39, 0.29) is 5.60 Å². The predicted molar refractivity (Wildman–Crippen MR) is 113 cm³/mol. The molecular formula is C20H32BrN3O3. The molecule has 0 spiro atoms. The Bertz CT molecular complexity index is 677. The Balaban J connectivity index is 0.000000217. The number of aromatic amines is 1. The summed E-state index contributed by atoms with van der Waals surface area (Å²) < 4.78 is 11.0. The molecule has 152 valence electrons. The maximum absolute atomic E-state index is 9.96. The van der Waals surface area contributed by atoms with E-state index < -0.39 is 0 Å². The molecule has 1 heterocycles. The molecule has 0 radical (unpaired) electrons. The predicted octanol–water partition coefficient (Wildman–Crippen LogP) is 4.83. The van der Waals surface area contributed by atoms with Crippen LogP contribution in [0.25, 0.3) is 10.9 Å². The molecule has 1 fully saturated rings. The second kappa shape index (κ2) is 12.0. The molecule has 0 saturated heterocycles. The molecule has 27 heavy (non-hydrogen) atoms. The van der Waals surface area contributed by atoms with Gasteiger partial charge in [-0.15, -0.1) is 0 Å². The summed E-state index contributed by atoms with van der Waals surface area (Å²) in [5, 5.41) is 10.7. The van der Waals surface area contributed by atoms with E-state index in [9.17, 15) is 4.79 Å². The van der Waals surface area contributed by atoms with Crippen LogP contribution in [0.1, 0.15) is 52.9 Å². The highest BCUT2D eigenvalue weighted by Gasteiger charge is 2.10. The number of halogens is 1. The van der Waals surface area contributed by atoms with Crippen molar-refractivity contribution in [2.75, 3.05) is 14.2 Å². The summed E-state index contributed by atoms with van der Waals surface area (Å²) in [6.07, 6.45) is 8.86. The number of carbonyl (C=O) groups excluding carboxylic acids is 1. The lowest BCUT2D eigenvalue weighted by Crippen LogP contribution is -2.29. The lowest BCUT2D eigenvalue weighted by Gasteiger charge is -2.19. The van der Waals surface area contributed by atoms with Crippen LogP contribution in [0.4, 0.5) is 0 Å². The van der Waals surface area contributed by atoms with Gasteiger partial charge in [-0.05, 0) is 55.6 Å². The Morgan fingerprint density at radius 1 is 1.22 bits per heavy atom. The summed E-state index contributed by atoms with van der Waals surface area (Å²) in [7, 11) is 3.35. The minimum absolute atomic E-state index is 0.0417. The second-order valence-corrected chi connectivity index (χ2v) is 8.23. The van der Waals surface area contributed by atoms with Gasteiger partial charge >= 0.3 is 0 Å². The monoisotopic (exact) mass is 441 g/mol. The molecule has 1 aromatic carbocycles. The SMILES string of the molecule is COC(C)(C)C.COc1cc2[nH]ncc2cc1Br.O=CNC1CCCCC1. The van der Waals surface area contributed by atoms with Gasteiger partial charge in [-0.1, -0.05) is 19.3 Å². The Labute approximate surface area is 170 Å². The van der Waals surface area contributed by atoms with Gasteiger partial charge in [0, 0.05) is 24.6 Å². The van der Waals surface area contributed by atoms with Crippen LogP contribution in [-0.4, -0.2) is 42.5 Å². The van der Waals surface area contributed by atoms with Crippen LogP contribution in [-0.2, 0) is 9.53 Å². The van der Waals surface area contributed by atoms with Crippen LogP contribution in [0.3, 0.4) is 0 Å². The number of amides is 1. The van der Waals surface area contributed by atoms with E-state index in [0.29, 0.717) is 6.04 Å². The molecule has 0 bridgehead atoms. The first kappa shape index (κ1) is 23.4. The molecule has 0 atom stereocenters. The largest absolute Gasteiger partial charge is 0.495 e. The topological polar surface area (TPSA) is 76.2 Å². The summed E-state index contributed by atoms with van der Waals surface area (Å²) in [6.45, 7) is 6.06. The Morgan fingerprint density at radius 2 is 1.85 bits per heavy atom. The molecule has 1 aliphatic carbocycles. The van der Waals surface area contributed by atoms with Gasteiger partial charge in [0.1, 0.15) is 5.75 Å². The maximum atomic E-state index is 9.96. The Morgan fingerprint density at radius 3 is 2.37 bits per heavy atom. The lowest BCUT2D eigenvalue weighted by molar-refractivity contribution is -0.110. The van der Waals surface area contributed by atoms with Gasteiger partial charge in [-0.3, -0.25) is 9.89 Å². The molecule has 0 aliphatic heterocycles. The summed E-state index contributed by atoms with van der Waals surface area (Å²) >= 11 is 3.40. The summed E-state index contributed by atoms with van der Waals surface area (Å²) in [5.41, 5.74) is 1.02. The van der Waals surface area contributed by atoms with Gasteiger partial charge in [0.2, 0.25) is 6.41 Å². The fraction of sp³-hybridized carbons (Fsp3) is 0.600. The third-order valence-electron chi connectivity index (χ3n) is 4.23. The van der Waals surface area contributed by atoms with Crippen molar-refractivity contribution in [3.05, 3.63) is 22.8 Å². The maximum Gasteiger partial charge on any atom is 0.207 e. The molecule has 1 saturated carbocycles. The Kier molecular flexibility index (Phi) is 10.4. The number of hydrogen-bond acceptors (Lipinski definition) is 4. The standard InChI is InChI=1S/C8H7BrN2O.C7H13NO.C5H12O/c1-12-8-3-7-5(2-6(8)9)4-10-11-7;9-6-8-7-4-2-1-3-5-7;1-5(2,3)6-4/h2-4H,1H3,(H,10,11);6-7H,1-5H2,(H,8,9);1-4H3. The minimum atomic E-state index is 0.0417. The number of H-pyrrole nitrogens is 1. The number of aromatic nitrogens is 2. The van der Waals surface area contributed by atoms with E-state index in [0.717, 1.165) is 27.5 Å². The molecular weight excluding hydrogens is 410 g/mol. The van der Waals surface area contributed by atoms with Crippen LogP contribution < -0.4 is 10.1 Å². The number of nitrogens with one attached hydrogen (secondary N) is 2. The normalized spacial score (nSPS) is 14.4. The van der Waals surface area contributed by atoms with E-state index in [2.05, 4.69) is 31.4 Å². The smallest absolute Gasteiger partial charge is 0.207 e. The van der Waals surface area contributed by atoms with Gasteiger partial charge in [0.25, 0.3) is 0 Å². The van der Waals surface area contributed by atoms with Crippen LogP contribution >= 0.6 is 15.9 Å². The molecule has 7 heteroatoms. The van der Waals surface area contributed by atoms with Crippen LogP contribution in [0.15, 0.2) is 22.8 Å². The molecule has 1 amide bonds. The average Bonchev–Trinajstić information content (AvgIpc) is 3.10. The third-order valence-corrected chi connectivity index (χ3v) is 4.85. The zero-order valence-electron chi connectivity index (χ0n) is 17.0. The molecule has 3 rings (SSSR count). The minimum Gasteiger partial charge on any atom is -0.495 e. The van der Waals surface area contributed by atoms with E-state index in [1.54, 1.807) is 20.4 Å². The van der Waals surface area contributed by atoms with Gasteiger partial charge in [0.05, 0.1) is 28.9 Å². The van der Waals surface area contributed by atoms with Crippen molar-refractivity contribution in [3.8, 4) is 5.75 Å². The second-order valence-electron chi connectivity index (χ2n) is 7.38. The van der Waals surface area contributed by atoms with Gasteiger partial charge in [-0.2, -0.15) is 5.10 Å². The van der Waals surface area contributed by atoms with Crippen molar-refractivity contribution in [1.82, 2.24) is 15.5 Å². The number of benzene rings is 1. The summed E-state index contributed by atoms with van der Waals surface area (Å²) in [6, 6.07) is 4.36. The molecule has 6 nitrogen and oxygen atoms in total. The summed E-state index contributed by atoms with van der Waals surface area (Å²) in [5.74, 6) is 0.812. The van der Waals surface area contributed by atoms with Crippen LogP contribution in [0.2, 0.25) is 0 Å². The number of ether oxygens (including phenoxy) is 2. The van der Waals surface area contributed by atoms with E-state index in [4.69, 9.17) is 9.47 Å². The first-order valence-corrected chi connectivity index (χ1v) is 10.0. The van der Waals surface area contributed by atoms with Crippen LogP contribution in [0, 0.1) is 0 Å². The van der Waals surface area contributed by atoms with Gasteiger partial charge in [-0.25, -0.2) is 0 Å². The number of nitrogens with zero attached hydrogens (tertiary/aromatic N) is 1. The number of rotatable bonds is 3. The number of hydrogen-bond donors (Lipinski definition) is 2. The van der Waals surface area contributed by atoms with Crippen molar-refractivity contribution >= 4 is 33.2 Å². The highest BCUT2D eigenvalue weighted by molar-refractivity contribution is 9.10. The van der Waals surface area contributed by atoms with Gasteiger partial charge < -0.3 is 14.8 Å². The van der Waals surface area contributed by atoms with E-state index in [1.165, 1.54) is 32.1 Å². The third kappa shape index (κ3) is 9.24. The Hall–Kier alpha value is -1.60. The average molecular weight is 442 g/mol. The first-order chi connectivity index (χ1) is 12.8. The van der Waals surface area contributed by atoms with Crippen molar-refractivity contribution in [2.45, 2.75) is 64.5 Å². The fourth-order valence-electron chi connectivity index (χ4n) is 2.47. The van der Waals surface area contributed by atoms with Crippen LogP contribution in [0.5, 0.6) is 5.75 Å². The molecule has 0 unspecified atom stereocenters. The number of carbonyl (C=O) groups is 1. The summed E-state index contributed by atoms with van der Waals surface area (Å²) in [4.78, 5) is 9.96. The van der Waals surface area contributed by atoms with Crippen molar-refractivity contribution < 1.29 is 14.3 Å². The fourth-order valence-corrected chi connectivity index (χ4v) is 2.99. The highest BCUT2D eigenvalue weighted by atomic mass is 79.9. The quantitative estimate of drug-likeness (QED) is 0.668. The lowest BCUT2D eigenvalue weighted by atomic mass is 9.96. The zero-order chi connectivity index (χ0) is 20.3. The molecule has 1 aliphatic rings. The van der Waals surface area contributed by atoms with E-state index >= 15 is 0 Å².